The first-order chi connectivity index (χ1) is 7.24. The van der Waals surface area contributed by atoms with Gasteiger partial charge in [0.1, 0.15) is 18.2 Å². The van der Waals surface area contributed by atoms with Gasteiger partial charge in [-0.15, -0.1) is 0 Å². The minimum absolute atomic E-state index is 0.268. The Morgan fingerprint density at radius 3 is 2.67 bits per heavy atom. The summed E-state index contributed by atoms with van der Waals surface area (Å²) in [6.45, 7) is 0.268. The molecule has 2 aromatic rings. The van der Waals surface area contributed by atoms with Crippen LogP contribution in [0.5, 0.6) is 5.75 Å². The van der Waals surface area contributed by atoms with Crippen molar-refractivity contribution >= 4 is 15.9 Å². The molecule has 1 aromatic heterocycles. The fraction of sp³-hybridized carbons (Fsp3) is 0.100. The molecule has 3 nitrogen and oxygen atoms in total. The molecule has 1 aromatic carbocycles. The highest BCUT2D eigenvalue weighted by Gasteiger charge is 2.01. The number of ether oxygens (including phenoxy) is 1. The lowest BCUT2D eigenvalue weighted by atomic mass is 10.3. The van der Waals surface area contributed by atoms with Gasteiger partial charge in [-0.3, -0.25) is 0 Å². The summed E-state index contributed by atoms with van der Waals surface area (Å²) in [5.41, 5.74) is 0. The van der Waals surface area contributed by atoms with E-state index in [1.807, 2.05) is 0 Å². The van der Waals surface area contributed by atoms with Crippen molar-refractivity contribution < 1.29 is 13.5 Å². The Kier molecular flexibility index (Phi) is 3.01. The maximum absolute atomic E-state index is 12.6. The highest BCUT2D eigenvalue weighted by atomic mass is 79.9. The average molecular weight is 272 g/mol. The highest BCUT2D eigenvalue weighted by molar-refractivity contribution is 9.10. The molecule has 5 heteroatoms. The second-order valence-corrected chi connectivity index (χ2v) is 3.50. The van der Waals surface area contributed by atoms with Crippen molar-refractivity contribution in [1.82, 2.24) is 4.98 Å². The Morgan fingerprint density at radius 1 is 1.33 bits per heavy atom. The average Bonchev–Trinajstić information content (AvgIpc) is 2.64. The number of aromatic nitrogens is 1. The van der Waals surface area contributed by atoms with Gasteiger partial charge in [0.2, 0.25) is 0 Å². The van der Waals surface area contributed by atoms with Crippen molar-refractivity contribution in [3.8, 4) is 5.75 Å². The molecular formula is C10H7BrFNO2. The summed E-state index contributed by atoms with van der Waals surface area (Å²) in [5, 5.41) is 0. The van der Waals surface area contributed by atoms with Gasteiger partial charge in [-0.25, -0.2) is 9.37 Å². The zero-order chi connectivity index (χ0) is 10.7. The molecule has 15 heavy (non-hydrogen) atoms. The number of benzene rings is 1. The molecule has 0 N–H and O–H groups in total. The van der Waals surface area contributed by atoms with Crippen molar-refractivity contribution in [1.29, 1.82) is 0 Å². The quantitative estimate of drug-likeness (QED) is 0.860. The van der Waals surface area contributed by atoms with E-state index < -0.39 is 0 Å². The maximum atomic E-state index is 12.6. The molecule has 0 fully saturated rings. The van der Waals surface area contributed by atoms with Gasteiger partial charge in [0.25, 0.3) is 4.80 Å². The maximum Gasteiger partial charge on any atom is 0.264 e. The summed E-state index contributed by atoms with van der Waals surface area (Å²) in [4.78, 5) is 4.27. The van der Waals surface area contributed by atoms with Crippen LogP contribution in [0.3, 0.4) is 0 Å². The topological polar surface area (TPSA) is 35.3 Å². The SMILES string of the molecule is Fc1ccc(OCc2cnc(Br)o2)cc1. The van der Waals surface area contributed by atoms with Gasteiger partial charge < -0.3 is 9.15 Å². The van der Waals surface area contributed by atoms with Crippen molar-refractivity contribution in [2.45, 2.75) is 6.61 Å². The predicted octanol–water partition coefficient (Wildman–Crippen LogP) is 3.16. The number of halogens is 2. The number of hydrogen-bond donors (Lipinski definition) is 0. The minimum atomic E-state index is -0.287. The van der Waals surface area contributed by atoms with E-state index in [2.05, 4.69) is 20.9 Å². The smallest absolute Gasteiger partial charge is 0.264 e. The lowest BCUT2D eigenvalue weighted by Gasteiger charge is -2.02. The molecule has 1 heterocycles. The van der Waals surface area contributed by atoms with E-state index in [1.165, 1.54) is 12.1 Å². The Labute approximate surface area is 94.0 Å². The van der Waals surface area contributed by atoms with E-state index >= 15 is 0 Å². The van der Waals surface area contributed by atoms with Crippen molar-refractivity contribution in [3.05, 3.63) is 46.8 Å². The third-order valence-corrected chi connectivity index (χ3v) is 2.09. The summed E-state index contributed by atoms with van der Waals surface area (Å²) in [7, 11) is 0. The van der Waals surface area contributed by atoms with Crippen LogP contribution in [0, 0.1) is 5.82 Å². The van der Waals surface area contributed by atoms with Crippen LogP contribution >= 0.6 is 15.9 Å². The third-order valence-electron chi connectivity index (χ3n) is 1.72. The molecule has 2 rings (SSSR count). The van der Waals surface area contributed by atoms with Gasteiger partial charge in [0.05, 0.1) is 6.20 Å². The van der Waals surface area contributed by atoms with Crippen LogP contribution in [0.1, 0.15) is 5.76 Å². The van der Waals surface area contributed by atoms with Crippen LogP contribution in [0.2, 0.25) is 0 Å². The monoisotopic (exact) mass is 271 g/mol. The Balaban J connectivity index is 1.96. The largest absolute Gasteiger partial charge is 0.486 e. The summed E-state index contributed by atoms with van der Waals surface area (Å²) < 4.78 is 23.0. The number of oxazole rings is 1. The first-order valence-corrected chi connectivity index (χ1v) is 5.02. The second kappa shape index (κ2) is 4.44. The molecule has 0 bridgehead atoms. The summed E-state index contributed by atoms with van der Waals surface area (Å²) >= 11 is 3.08. The lowest BCUT2D eigenvalue weighted by molar-refractivity contribution is 0.267. The summed E-state index contributed by atoms with van der Waals surface area (Å²) in [6, 6.07) is 5.79. The first-order valence-electron chi connectivity index (χ1n) is 4.22. The van der Waals surface area contributed by atoms with E-state index in [0.717, 1.165) is 0 Å². The van der Waals surface area contributed by atoms with Gasteiger partial charge in [0.15, 0.2) is 5.76 Å². The van der Waals surface area contributed by atoms with Crippen LogP contribution in [0.4, 0.5) is 4.39 Å². The molecule has 0 atom stereocenters. The normalized spacial score (nSPS) is 10.3. The van der Waals surface area contributed by atoms with E-state index in [9.17, 15) is 4.39 Å². The first kappa shape index (κ1) is 10.2. The molecule has 0 unspecified atom stereocenters. The van der Waals surface area contributed by atoms with Crippen molar-refractivity contribution in [2.24, 2.45) is 0 Å². The zero-order valence-electron chi connectivity index (χ0n) is 7.61. The Morgan fingerprint density at radius 2 is 2.07 bits per heavy atom. The Bertz CT molecular complexity index is 441. The molecule has 0 saturated heterocycles. The molecule has 0 spiro atoms. The second-order valence-electron chi connectivity index (χ2n) is 2.82. The van der Waals surface area contributed by atoms with Crippen LogP contribution in [0.25, 0.3) is 0 Å². The summed E-state index contributed by atoms with van der Waals surface area (Å²) in [5.74, 6) is 0.903. The summed E-state index contributed by atoms with van der Waals surface area (Å²) in [6.07, 6.45) is 1.56. The molecule has 0 aliphatic rings. The van der Waals surface area contributed by atoms with E-state index in [1.54, 1.807) is 18.3 Å². The van der Waals surface area contributed by atoms with Gasteiger partial charge in [0, 0.05) is 15.9 Å². The third kappa shape index (κ3) is 2.79. The van der Waals surface area contributed by atoms with Crippen molar-refractivity contribution in [3.63, 3.8) is 0 Å². The molecule has 0 saturated carbocycles. The fourth-order valence-electron chi connectivity index (χ4n) is 1.04. The molecule has 78 valence electrons. The van der Waals surface area contributed by atoms with Crippen LogP contribution < -0.4 is 4.74 Å². The van der Waals surface area contributed by atoms with Crippen LogP contribution in [-0.4, -0.2) is 4.98 Å². The van der Waals surface area contributed by atoms with E-state index in [4.69, 9.17) is 9.15 Å². The molecule has 0 aliphatic heterocycles. The van der Waals surface area contributed by atoms with Gasteiger partial charge >= 0.3 is 0 Å². The predicted molar refractivity (Wildman–Crippen MR) is 54.9 cm³/mol. The minimum Gasteiger partial charge on any atom is -0.486 e. The van der Waals surface area contributed by atoms with Crippen LogP contribution in [-0.2, 0) is 6.61 Å². The molecule has 0 radical (unpaired) electrons. The number of hydrogen-bond acceptors (Lipinski definition) is 3. The number of nitrogens with zero attached hydrogens (tertiary/aromatic N) is 1. The van der Waals surface area contributed by atoms with Crippen molar-refractivity contribution in [2.75, 3.05) is 0 Å². The standard InChI is InChI=1S/C10H7BrFNO2/c11-10-13-5-9(15-10)6-14-8-3-1-7(12)2-4-8/h1-5H,6H2. The van der Waals surface area contributed by atoms with Gasteiger partial charge in [-0.05, 0) is 24.3 Å². The Hall–Kier alpha value is -1.36. The lowest BCUT2D eigenvalue weighted by Crippen LogP contribution is -1.93. The highest BCUT2D eigenvalue weighted by Crippen LogP contribution is 2.15. The van der Waals surface area contributed by atoms with Gasteiger partial charge in [-0.2, -0.15) is 0 Å². The van der Waals surface area contributed by atoms with Gasteiger partial charge in [-0.1, -0.05) is 0 Å². The molecule has 0 amide bonds. The van der Waals surface area contributed by atoms with E-state index in [0.29, 0.717) is 16.3 Å². The van der Waals surface area contributed by atoms with E-state index in [-0.39, 0.29) is 12.4 Å². The fourth-order valence-corrected chi connectivity index (χ4v) is 1.35. The molecule has 0 aliphatic carbocycles. The van der Waals surface area contributed by atoms with Crippen LogP contribution in [0.15, 0.2) is 39.7 Å². The number of rotatable bonds is 3. The zero-order valence-corrected chi connectivity index (χ0v) is 9.20. The molecular weight excluding hydrogens is 265 g/mol.